The average Bonchev–Trinajstić information content (AvgIpc) is 2.67. The Hall–Kier alpha value is -2.06. The van der Waals surface area contributed by atoms with Crippen molar-refractivity contribution in [3.63, 3.8) is 0 Å². The minimum absolute atomic E-state index is 0.0927. The molecule has 8 heteroatoms. The molecule has 0 fully saturated rings. The predicted molar refractivity (Wildman–Crippen MR) is 112 cm³/mol. The minimum Gasteiger partial charge on any atom is -0.358 e. The van der Waals surface area contributed by atoms with Crippen LogP contribution in [0.5, 0.6) is 0 Å². The van der Waals surface area contributed by atoms with Crippen molar-refractivity contribution >= 4 is 39.9 Å². The van der Waals surface area contributed by atoms with E-state index in [-0.39, 0.29) is 5.69 Å². The molecule has 0 aromatic heterocycles. The maximum atomic E-state index is 12.9. The Labute approximate surface area is 172 Å². The van der Waals surface area contributed by atoms with Gasteiger partial charge in [0.25, 0.3) is 0 Å². The number of nitrogens with zero attached hydrogens (tertiary/aromatic N) is 1. The van der Waals surface area contributed by atoms with Gasteiger partial charge in [0.1, 0.15) is 9.57 Å². The number of thioether (sulfide) groups is 1. The minimum atomic E-state index is -4.47. The molecule has 0 radical (unpaired) electrons. The molecule has 3 nitrogen and oxygen atoms in total. The van der Waals surface area contributed by atoms with Gasteiger partial charge in [0.2, 0.25) is 5.91 Å². The number of nitrogens with one attached hydrogen (secondary N) is 1. The van der Waals surface area contributed by atoms with Gasteiger partial charge in [0.05, 0.1) is 5.56 Å². The number of hydrogen-bond donors (Lipinski definition) is 1. The van der Waals surface area contributed by atoms with Crippen molar-refractivity contribution in [2.45, 2.75) is 25.3 Å². The van der Waals surface area contributed by atoms with Gasteiger partial charge in [0, 0.05) is 18.8 Å². The summed E-state index contributed by atoms with van der Waals surface area (Å²) in [5.41, 5.74) is 0.00877. The monoisotopic (exact) mass is 426 g/mol. The van der Waals surface area contributed by atoms with E-state index in [2.05, 4.69) is 5.32 Å². The van der Waals surface area contributed by atoms with E-state index in [1.165, 1.54) is 23.9 Å². The summed E-state index contributed by atoms with van der Waals surface area (Å²) in [6.45, 7) is 5.35. The summed E-state index contributed by atoms with van der Waals surface area (Å²) in [5, 5.41) is 1.92. The summed E-state index contributed by atoms with van der Waals surface area (Å²) in [7, 11) is 0. The Morgan fingerprint density at radius 1 is 1.11 bits per heavy atom. The molecule has 0 aliphatic rings. The molecule has 1 unspecified atom stereocenters. The molecule has 2 aromatic rings. The van der Waals surface area contributed by atoms with Gasteiger partial charge in [-0.3, -0.25) is 4.79 Å². The number of hydrogen-bond acceptors (Lipinski definition) is 3. The number of anilines is 1. The van der Waals surface area contributed by atoms with Gasteiger partial charge in [-0.25, -0.2) is 0 Å². The van der Waals surface area contributed by atoms with Crippen LogP contribution in [0.15, 0.2) is 54.6 Å². The van der Waals surface area contributed by atoms with Crippen LogP contribution in [0.3, 0.4) is 0 Å². The van der Waals surface area contributed by atoms with Crippen LogP contribution in [0.1, 0.15) is 30.2 Å². The van der Waals surface area contributed by atoms with Crippen LogP contribution in [-0.2, 0) is 11.0 Å². The number of alkyl halides is 3. The van der Waals surface area contributed by atoms with Crippen molar-refractivity contribution in [1.82, 2.24) is 4.90 Å². The van der Waals surface area contributed by atoms with E-state index in [0.29, 0.717) is 17.4 Å². The van der Waals surface area contributed by atoms with E-state index in [0.717, 1.165) is 17.7 Å². The van der Waals surface area contributed by atoms with Crippen LogP contribution >= 0.6 is 24.0 Å². The summed E-state index contributed by atoms with van der Waals surface area (Å²) >= 11 is 6.68. The van der Waals surface area contributed by atoms with E-state index in [1.54, 1.807) is 24.3 Å². The highest BCUT2D eigenvalue weighted by molar-refractivity contribution is 8.23. The fourth-order valence-electron chi connectivity index (χ4n) is 2.54. The largest absolute Gasteiger partial charge is 0.416 e. The second kappa shape index (κ2) is 9.93. The van der Waals surface area contributed by atoms with Crippen molar-refractivity contribution < 1.29 is 18.0 Å². The highest BCUT2D eigenvalue weighted by Gasteiger charge is 2.31. The highest BCUT2D eigenvalue weighted by atomic mass is 32.2. The lowest BCUT2D eigenvalue weighted by Gasteiger charge is -2.24. The first-order valence-electron chi connectivity index (χ1n) is 8.74. The van der Waals surface area contributed by atoms with Gasteiger partial charge >= 0.3 is 6.18 Å². The van der Waals surface area contributed by atoms with Gasteiger partial charge in [-0.1, -0.05) is 60.4 Å². The van der Waals surface area contributed by atoms with Crippen molar-refractivity contribution in [3.05, 3.63) is 65.7 Å². The third-order valence-corrected chi connectivity index (χ3v) is 5.77. The van der Waals surface area contributed by atoms with Crippen molar-refractivity contribution in [3.8, 4) is 0 Å². The van der Waals surface area contributed by atoms with Gasteiger partial charge in [-0.05, 0) is 37.6 Å². The molecule has 1 amide bonds. The maximum Gasteiger partial charge on any atom is 0.416 e. The normalized spacial score (nSPS) is 12.3. The van der Waals surface area contributed by atoms with Crippen LogP contribution < -0.4 is 5.32 Å². The molecule has 1 N–H and O–H groups in total. The van der Waals surface area contributed by atoms with Gasteiger partial charge < -0.3 is 10.2 Å². The van der Waals surface area contributed by atoms with Crippen LogP contribution in [0.2, 0.25) is 0 Å². The zero-order valence-electron chi connectivity index (χ0n) is 15.5. The Balaban J connectivity index is 2.26. The lowest BCUT2D eigenvalue weighted by molar-refractivity contribution is -0.137. The standard InChI is InChI=1S/C20H21F3N2OS2/c1-3-25(4-2)19(27)28-17(14-9-6-5-7-10-14)18(26)24-16-12-8-11-15(13-16)20(21,22)23/h5-13,17H,3-4H2,1-2H3,(H,24,26). The van der Waals surface area contributed by atoms with Gasteiger partial charge in [-0.2, -0.15) is 13.2 Å². The maximum absolute atomic E-state index is 12.9. The van der Waals surface area contributed by atoms with Crippen molar-refractivity contribution in [2.75, 3.05) is 18.4 Å². The topological polar surface area (TPSA) is 32.3 Å². The molecule has 150 valence electrons. The molecule has 0 spiro atoms. The lowest BCUT2D eigenvalue weighted by Crippen LogP contribution is -2.29. The van der Waals surface area contributed by atoms with E-state index < -0.39 is 22.9 Å². The van der Waals surface area contributed by atoms with Gasteiger partial charge in [0.15, 0.2) is 0 Å². The first-order chi connectivity index (χ1) is 13.3. The molecule has 2 rings (SSSR count). The van der Waals surface area contributed by atoms with Gasteiger partial charge in [-0.15, -0.1) is 0 Å². The molecule has 2 aromatic carbocycles. The molecule has 0 bridgehead atoms. The smallest absolute Gasteiger partial charge is 0.358 e. The number of benzene rings is 2. The summed E-state index contributed by atoms with van der Waals surface area (Å²) in [5.74, 6) is -0.426. The lowest BCUT2D eigenvalue weighted by atomic mass is 10.1. The fraction of sp³-hybridized carbons (Fsp3) is 0.300. The first-order valence-corrected chi connectivity index (χ1v) is 10.0. The molecule has 0 saturated carbocycles. The van der Waals surface area contributed by atoms with Crippen LogP contribution in [-0.4, -0.2) is 28.2 Å². The molecule has 0 saturated heterocycles. The first kappa shape index (κ1) is 22.2. The number of carbonyl (C=O) groups is 1. The molecular weight excluding hydrogens is 405 g/mol. The van der Waals surface area contributed by atoms with Crippen LogP contribution in [0.25, 0.3) is 0 Å². The summed E-state index contributed by atoms with van der Waals surface area (Å²) in [6, 6.07) is 13.6. The summed E-state index contributed by atoms with van der Waals surface area (Å²) < 4.78 is 39.4. The Morgan fingerprint density at radius 2 is 1.75 bits per heavy atom. The molecular formula is C20H21F3N2OS2. The molecule has 1 atom stereocenters. The zero-order chi connectivity index (χ0) is 20.7. The highest BCUT2D eigenvalue weighted by Crippen LogP contribution is 2.34. The van der Waals surface area contributed by atoms with Crippen molar-refractivity contribution in [1.29, 1.82) is 0 Å². The third-order valence-electron chi connectivity index (χ3n) is 4.04. The summed E-state index contributed by atoms with van der Waals surface area (Å²) in [4.78, 5) is 14.9. The Kier molecular flexibility index (Phi) is 7.88. The quantitative estimate of drug-likeness (QED) is 0.597. The molecule has 0 heterocycles. The number of thiocarbonyl (C=S) groups is 1. The Morgan fingerprint density at radius 3 is 2.32 bits per heavy atom. The van der Waals surface area contributed by atoms with E-state index in [1.807, 2.05) is 24.8 Å². The van der Waals surface area contributed by atoms with E-state index in [9.17, 15) is 18.0 Å². The predicted octanol–water partition coefficient (Wildman–Crippen LogP) is 5.75. The molecule has 0 aliphatic carbocycles. The number of carbonyl (C=O) groups excluding carboxylic acids is 1. The average molecular weight is 427 g/mol. The number of amides is 1. The SMILES string of the molecule is CCN(CC)C(=S)SC(C(=O)Nc1cccc(C(F)(F)F)c1)c1ccccc1. The fourth-order valence-corrected chi connectivity index (χ4v) is 4.15. The third kappa shape index (κ3) is 5.97. The van der Waals surface area contributed by atoms with Crippen LogP contribution in [0.4, 0.5) is 18.9 Å². The van der Waals surface area contributed by atoms with E-state index >= 15 is 0 Å². The molecule has 0 aliphatic heterocycles. The number of rotatable bonds is 6. The zero-order valence-corrected chi connectivity index (χ0v) is 17.1. The summed E-state index contributed by atoms with van der Waals surface area (Å²) in [6.07, 6.45) is -4.47. The Bertz CT molecular complexity index is 809. The van der Waals surface area contributed by atoms with Crippen LogP contribution in [0, 0.1) is 0 Å². The second-order valence-corrected chi connectivity index (χ2v) is 7.65. The van der Waals surface area contributed by atoms with E-state index in [4.69, 9.17) is 12.2 Å². The second-order valence-electron chi connectivity index (χ2n) is 5.91. The molecule has 28 heavy (non-hydrogen) atoms. The number of halogens is 3. The van der Waals surface area contributed by atoms with Crippen molar-refractivity contribution in [2.24, 2.45) is 0 Å².